The summed E-state index contributed by atoms with van der Waals surface area (Å²) in [6.45, 7) is 42.9. The first-order valence-corrected chi connectivity index (χ1v) is 31.4. The molecule has 0 spiro atoms. The van der Waals surface area contributed by atoms with E-state index in [0.717, 1.165) is 37.2 Å². The number of rotatable bonds is 13. The van der Waals surface area contributed by atoms with Crippen LogP contribution in [0, 0.1) is 30.1 Å². The van der Waals surface area contributed by atoms with Crippen LogP contribution in [0.4, 0.5) is 0 Å². The van der Waals surface area contributed by atoms with E-state index in [9.17, 15) is 5.11 Å². The highest BCUT2D eigenvalue weighted by molar-refractivity contribution is 6.75. The summed E-state index contributed by atoms with van der Waals surface area (Å²) in [5.41, 5.74) is 5.81. The zero-order valence-corrected chi connectivity index (χ0v) is 42.7. The van der Waals surface area contributed by atoms with E-state index in [1.807, 2.05) is 0 Å². The molecule has 1 N–H and O–H groups in total. The summed E-state index contributed by atoms with van der Waals surface area (Å²) < 4.78 is 22.4. The first-order chi connectivity index (χ1) is 25.5. The van der Waals surface area contributed by atoms with E-state index in [4.69, 9.17) is 13.3 Å². The van der Waals surface area contributed by atoms with Gasteiger partial charge >= 0.3 is 0 Å². The molecular weight excluding hydrogens is 737 g/mol. The Kier molecular flexibility index (Phi) is 15.1. The molecule has 4 nitrogen and oxygen atoms in total. The van der Waals surface area contributed by atoms with Crippen molar-refractivity contribution < 1.29 is 18.4 Å². The molecule has 0 saturated heterocycles. The number of fused-ring (bicyclic) bond motifs is 1. The smallest absolute Gasteiger partial charge is 0.192 e. The first kappa shape index (κ1) is 47.9. The Balaban J connectivity index is 1.60. The van der Waals surface area contributed by atoms with E-state index in [2.05, 4.69) is 159 Å². The van der Waals surface area contributed by atoms with Crippen molar-refractivity contribution in [1.82, 2.24) is 0 Å². The molecule has 3 saturated carbocycles. The summed E-state index contributed by atoms with van der Waals surface area (Å²) >= 11 is 0. The van der Waals surface area contributed by atoms with E-state index in [1.54, 1.807) is 5.57 Å². The predicted molar refractivity (Wildman–Crippen MR) is 249 cm³/mol. The molecule has 0 amide bonds. The lowest BCUT2D eigenvalue weighted by molar-refractivity contribution is -0.0527. The average Bonchev–Trinajstić information content (AvgIpc) is 3.41. The van der Waals surface area contributed by atoms with Gasteiger partial charge in [0.25, 0.3) is 0 Å². The third-order valence-corrected chi connectivity index (χ3v) is 29.7. The fraction of sp³-hybridized carbons (Fsp3) is 0.796. The number of hydrogen-bond donors (Lipinski definition) is 1. The van der Waals surface area contributed by atoms with Gasteiger partial charge in [0, 0.05) is 0 Å². The lowest BCUT2D eigenvalue weighted by Crippen LogP contribution is -2.59. The predicted octanol–water partition coefficient (Wildman–Crippen LogP) is 14.9. The van der Waals surface area contributed by atoms with Gasteiger partial charge in [0.1, 0.15) is 0 Å². The summed E-state index contributed by atoms with van der Waals surface area (Å²) in [6, 6.07) is 8.41. The van der Waals surface area contributed by atoms with Gasteiger partial charge < -0.3 is 18.4 Å². The van der Waals surface area contributed by atoms with Crippen LogP contribution in [-0.4, -0.2) is 48.4 Å². The molecule has 0 aliphatic heterocycles. The zero-order valence-electron chi connectivity index (χ0n) is 39.7. The van der Waals surface area contributed by atoms with Crippen LogP contribution in [0.25, 0.3) is 0 Å². The third-order valence-electron chi connectivity index (χ3n) is 16.3. The molecule has 1 unspecified atom stereocenters. The molecule has 4 rings (SSSR count). The van der Waals surface area contributed by atoms with E-state index >= 15 is 0 Å². The van der Waals surface area contributed by atoms with Crippen LogP contribution < -0.4 is 0 Å². The Morgan fingerprint density at radius 2 is 1.25 bits per heavy atom. The van der Waals surface area contributed by atoms with Crippen molar-refractivity contribution in [2.75, 3.05) is 0 Å². The summed E-state index contributed by atoms with van der Waals surface area (Å²) in [5.74, 6) is 2.08. The SMILES string of the molecule is Cc1ccc(C(O)CCC[C@@H](C)[C@H]2CC[C@H]3/C(=C/C=C4C[C@@H](O[Si](C)(C)C(C)(C)C)C(O[Si](C)(C)C(C)(C)C)[C@H](O[Si](C)(C)C(C)(C)C)C4)CCC[C@]23C)cc1. The molecule has 0 heterocycles. The molecule has 0 bridgehead atoms. The van der Waals surface area contributed by atoms with Crippen LogP contribution in [0.1, 0.15) is 158 Å². The average molecular weight is 825 g/mol. The number of aliphatic hydroxyl groups excluding tert-OH is 1. The van der Waals surface area contributed by atoms with Gasteiger partial charge in [0.2, 0.25) is 0 Å². The van der Waals surface area contributed by atoms with Crippen molar-refractivity contribution in [3.63, 3.8) is 0 Å². The Hall–Kier alpha value is -0.809. The van der Waals surface area contributed by atoms with Gasteiger partial charge in [-0.1, -0.05) is 142 Å². The highest BCUT2D eigenvalue weighted by Crippen LogP contribution is 2.60. The fourth-order valence-electron chi connectivity index (χ4n) is 9.43. The monoisotopic (exact) mass is 825 g/mol. The molecule has 7 atom stereocenters. The maximum atomic E-state index is 10.9. The van der Waals surface area contributed by atoms with E-state index in [0.29, 0.717) is 17.3 Å². The maximum Gasteiger partial charge on any atom is 0.192 e. The molecule has 56 heavy (non-hydrogen) atoms. The van der Waals surface area contributed by atoms with Crippen LogP contribution in [0.3, 0.4) is 0 Å². The molecule has 3 aliphatic rings. The first-order valence-electron chi connectivity index (χ1n) is 22.7. The summed E-state index contributed by atoms with van der Waals surface area (Å²) in [5, 5.41) is 11.2. The number of aliphatic hydroxyl groups is 1. The second-order valence-corrected chi connectivity index (χ2v) is 37.9. The van der Waals surface area contributed by atoms with Crippen molar-refractivity contribution >= 4 is 25.0 Å². The molecule has 0 aromatic heterocycles. The molecule has 3 fully saturated rings. The molecule has 3 aliphatic carbocycles. The second kappa shape index (κ2) is 17.7. The minimum atomic E-state index is -2.13. The third kappa shape index (κ3) is 11.1. The summed E-state index contributed by atoms with van der Waals surface area (Å²) in [4.78, 5) is 0. The van der Waals surface area contributed by atoms with Crippen LogP contribution in [0.2, 0.25) is 54.4 Å². The lowest BCUT2D eigenvalue weighted by atomic mass is 9.60. The molecule has 7 heteroatoms. The van der Waals surface area contributed by atoms with Crippen molar-refractivity contribution in [2.24, 2.45) is 23.2 Å². The van der Waals surface area contributed by atoms with Gasteiger partial charge in [0.05, 0.1) is 24.4 Å². The number of hydrogen-bond acceptors (Lipinski definition) is 4. The number of allylic oxidation sites excluding steroid dienone is 3. The number of aryl methyl sites for hydroxylation is 1. The van der Waals surface area contributed by atoms with Crippen molar-refractivity contribution in [3.8, 4) is 0 Å². The van der Waals surface area contributed by atoms with Gasteiger partial charge in [-0.05, 0) is 141 Å². The van der Waals surface area contributed by atoms with Crippen LogP contribution >= 0.6 is 0 Å². The minimum absolute atomic E-state index is 0.0176. The van der Waals surface area contributed by atoms with Gasteiger partial charge in [-0.15, -0.1) is 0 Å². The lowest BCUT2D eigenvalue weighted by Gasteiger charge is -2.51. The van der Waals surface area contributed by atoms with Crippen LogP contribution in [0.5, 0.6) is 0 Å². The van der Waals surface area contributed by atoms with E-state index < -0.39 is 25.0 Å². The Labute approximate surface area is 349 Å². The molecule has 0 radical (unpaired) electrons. The van der Waals surface area contributed by atoms with Gasteiger partial charge in [0.15, 0.2) is 25.0 Å². The van der Waals surface area contributed by atoms with Gasteiger partial charge in [-0.2, -0.15) is 0 Å². The Morgan fingerprint density at radius 3 is 1.75 bits per heavy atom. The highest BCUT2D eigenvalue weighted by Gasteiger charge is 2.52. The molecule has 1 aromatic carbocycles. The van der Waals surface area contributed by atoms with E-state index in [-0.39, 0.29) is 39.5 Å². The topological polar surface area (TPSA) is 47.9 Å². The van der Waals surface area contributed by atoms with Crippen molar-refractivity contribution in [1.29, 1.82) is 0 Å². The quantitative estimate of drug-likeness (QED) is 0.201. The van der Waals surface area contributed by atoms with Crippen LogP contribution in [0.15, 0.2) is 47.6 Å². The standard InChI is InChI=1S/C49H88O4Si3/c1-35-24-27-39(28-25-35)42(50)23-19-21-36(2)40-30-31-41-38(22-20-32-49(40,41)12)29-26-37-33-43(51-54(13,14)46(3,4)5)45(53-56(17,18)48(9,10)11)44(34-37)52-55(15,16)47(6,7)8/h24-29,36,40-45,50H,19-23,30-34H2,1-18H3/b37-26?,38-29+/t36-,40-,41+,42?,43-,44-,45?,49-/m1/s1. The number of benzene rings is 1. The molecule has 1 aromatic rings. The van der Waals surface area contributed by atoms with Gasteiger partial charge in [-0.3, -0.25) is 0 Å². The minimum Gasteiger partial charge on any atom is -0.411 e. The Bertz CT molecular complexity index is 1470. The second-order valence-electron chi connectivity index (χ2n) is 23.6. The van der Waals surface area contributed by atoms with Crippen molar-refractivity contribution in [3.05, 3.63) is 58.7 Å². The van der Waals surface area contributed by atoms with Gasteiger partial charge in [-0.25, -0.2) is 0 Å². The molecular formula is C49H88O4Si3. The highest BCUT2D eigenvalue weighted by atomic mass is 28.4. The summed E-state index contributed by atoms with van der Waals surface area (Å²) in [7, 11) is -6.35. The van der Waals surface area contributed by atoms with E-state index in [1.165, 1.54) is 49.7 Å². The van der Waals surface area contributed by atoms with Crippen molar-refractivity contribution in [2.45, 2.75) is 226 Å². The van der Waals surface area contributed by atoms with Crippen LogP contribution in [-0.2, 0) is 13.3 Å². The Morgan fingerprint density at radius 1 is 0.750 bits per heavy atom. The normalized spacial score (nSPS) is 29.0. The summed E-state index contributed by atoms with van der Waals surface area (Å²) in [6.07, 6.45) is 16.1. The maximum absolute atomic E-state index is 10.9. The largest absolute Gasteiger partial charge is 0.411 e. The molecule has 320 valence electrons. The fourth-order valence-corrected chi connectivity index (χ4v) is 13.4. The zero-order chi connectivity index (χ0) is 42.3.